The minimum absolute atomic E-state index is 0.227. The van der Waals surface area contributed by atoms with E-state index in [-0.39, 0.29) is 17.4 Å². The van der Waals surface area contributed by atoms with Gasteiger partial charge in [-0.05, 0) is 18.1 Å². The van der Waals surface area contributed by atoms with Crippen molar-refractivity contribution < 1.29 is 9.18 Å². The largest absolute Gasteiger partial charge is 0.372 e. The summed E-state index contributed by atoms with van der Waals surface area (Å²) in [7, 11) is 1.70. The number of amides is 1. The van der Waals surface area contributed by atoms with Crippen molar-refractivity contribution in [2.24, 2.45) is 0 Å². The van der Waals surface area contributed by atoms with E-state index >= 15 is 0 Å². The molecule has 2 N–H and O–H groups in total. The Morgan fingerprint density at radius 1 is 1.30 bits per heavy atom. The highest BCUT2D eigenvalue weighted by molar-refractivity contribution is 5.92. The summed E-state index contributed by atoms with van der Waals surface area (Å²) in [6.07, 6.45) is 3.34. The van der Waals surface area contributed by atoms with Crippen LogP contribution in [0.5, 0.6) is 0 Å². The second-order valence-corrected chi connectivity index (χ2v) is 4.14. The van der Waals surface area contributed by atoms with Gasteiger partial charge in [-0.1, -0.05) is 18.2 Å². The minimum atomic E-state index is -0.328. The first-order valence-corrected chi connectivity index (χ1v) is 6.22. The molecule has 1 amide bonds. The molecule has 0 radical (unpaired) electrons. The number of anilines is 1. The van der Waals surface area contributed by atoms with Crippen LogP contribution in [0.4, 0.5) is 10.2 Å². The van der Waals surface area contributed by atoms with E-state index in [0.29, 0.717) is 24.3 Å². The van der Waals surface area contributed by atoms with Gasteiger partial charge in [0.05, 0.1) is 12.4 Å². The van der Waals surface area contributed by atoms with Gasteiger partial charge in [0.25, 0.3) is 5.91 Å². The zero-order valence-corrected chi connectivity index (χ0v) is 11.1. The fraction of sp³-hybridized carbons (Fsp3) is 0.214. The monoisotopic (exact) mass is 274 g/mol. The van der Waals surface area contributed by atoms with Crippen LogP contribution in [0.1, 0.15) is 16.1 Å². The first kappa shape index (κ1) is 13.9. The van der Waals surface area contributed by atoms with Gasteiger partial charge in [-0.3, -0.25) is 9.78 Å². The third-order valence-corrected chi connectivity index (χ3v) is 2.76. The highest BCUT2D eigenvalue weighted by Crippen LogP contribution is 2.06. The van der Waals surface area contributed by atoms with Gasteiger partial charge < -0.3 is 10.6 Å². The molecular formula is C14H15FN4O. The summed E-state index contributed by atoms with van der Waals surface area (Å²) >= 11 is 0. The third kappa shape index (κ3) is 3.50. The number of hydrogen-bond donors (Lipinski definition) is 2. The highest BCUT2D eigenvalue weighted by Gasteiger charge is 2.08. The number of carbonyl (C=O) groups excluding carboxylic acids is 1. The molecule has 20 heavy (non-hydrogen) atoms. The summed E-state index contributed by atoms with van der Waals surface area (Å²) in [5, 5.41) is 5.50. The summed E-state index contributed by atoms with van der Waals surface area (Å²) < 4.78 is 13.4. The number of carbonyl (C=O) groups is 1. The predicted molar refractivity (Wildman–Crippen MR) is 74.0 cm³/mol. The van der Waals surface area contributed by atoms with Crippen molar-refractivity contribution in [1.82, 2.24) is 15.3 Å². The van der Waals surface area contributed by atoms with Crippen LogP contribution in [0.15, 0.2) is 36.7 Å². The molecule has 0 spiro atoms. The van der Waals surface area contributed by atoms with E-state index in [2.05, 4.69) is 20.6 Å². The molecule has 0 aliphatic carbocycles. The Labute approximate surface area is 116 Å². The molecule has 0 fully saturated rings. The first-order chi connectivity index (χ1) is 9.70. The van der Waals surface area contributed by atoms with E-state index in [0.717, 1.165) is 0 Å². The quantitative estimate of drug-likeness (QED) is 0.869. The Balaban J connectivity index is 1.91. The summed E-state index contributed by atoms with van der Waals surface area (Å²) in [5.41, 5.74) is 0.799. The predicted octanol–water partition coefficient (Wildman–Crippen LogP) is 1.63. The van der Waals surface area contributed by atoms with Gasteiger partial charge in [0.2, 0.25) is 0 Å². The number of nitrogens with zero attached hydrogens (tertiary/aromatic N) is 2. The molecule has 1 aromatic heterocycles. The van der Waals surface area contributed by atoms with Gasteiger partial charge in [0.15, 0.2) is 0 Å². The maximum Gasteiger partial charge on any atom is 0.271 e. The lowest BCUT2D eigenvalue weighted by Gasteiger charge is -2.06. The molecule has 0 saturated carbocycles. The van der Waals surface area contributed by atoms with Crippen LogP contribution >= 0.6 is 0 Å². The van der Waals surface area contributed by atoms with E-state index in [1.807, 2.05) is 0 Å². The van der Waals surface area contributed by atoms with Crippen molar-refractivity contribution in [3.63, 3.8) is 0 Å². The molecule has 0 saturated heterocycles. The molecule has 0 bridgehead atoms. The van der Waals surface area contributed by atoms with Gasteiger partial charge in [0.1, 0.15) is 17.3 Å². The Hall–Kier alpha value is -2.50. The molecule has 104 valence electrons. The fourth-order valence-electron chi connectivity index (χ4n) is 1.70. The number of aromatic nitrogens is 2. The van der Waals surface area contributed by atoms with Crippen molar-refractivity contribution in [2.45, 2.75) is 6.42 Å². The third-order valence-electron chi connectivity index (χ3n) is 2.76. The van der Waals surface area contributed by atoms with Crippen LogP contribution in [0.3, 0.4) is 0 Å². The van der Waals surface area contributed by atoms with E-state index in [9.17, 15) is 9.18 Å². The van der Waals surface area contributed by atoms with Crippen LogP contribution in [0.2, 0.25) is 0 Å². The van der Waals surface area contributed by atoms with Crippen molar-refractivity contribution in [2.75, 3.05) is 18.9 Å². The van der Waals surface area contributed by atoms with Crippen LogP contribution in [0.25, 0.3) is 0 Å². The standard InChI is InChI=1S/C14H15FN4O/c1-16-13-9-17-8-12(19-13)14(20)18-7-6-10-4-2-3-5-11(10)15/h2-5,8-9H,6-7H2,1H3,(H,16,19)(H,18,20). The number of rotatable bonds is 5. The second kappa shape index (κ2) is 6.60. The number of benzene rings is 1. The fourth-order valence-corrected chi connectivity index (χ4v) is 1.70. The van der Waals surface area contributed by atoms with Crippen LogP contribution in [0, 0.1) is 5.82 Å². The van der Waals surface area contributed by atoms with Gasteiger partial charge >= 0.3 is 0 Å². The summed E-state index contributed by atoms with van der Waals surface area (Å²) in [4.78, 5) is 19.8. The van der Waals surface area contributed by atoms with Crippen molar-refractivity contribution >= 4 is 11.7 Å². The van der Waals surface area contributed by atoms with Gasteiger partial charge in [-0.25, -0.2) is 9.37 Å². The first-order valence-electron chi connectivity index (χ1n) is 6.22. The topological polar surface area (TPSA) is 66.9 Å². The summed E-state index contributed by atoms with van der Waals surface area (Å²) in [6.45, 7) is 0.339. The average molecular weight is 274 g/mol. The Kier molecular flexibility index (Phi) is 4.60. The summed E-state index contributed by atoms with van der Waals surface area (Å²) in [6, 6.07) is 6.50. The molecule has 1 heterocycles. The number of nitrogens with one attached hydrogen (secondary N) is 2. The Morgan fingerprint density at radius 2 is 2.10 bits per heavy atom. The lowest BCUT2D eigenvalue weighted by molar-refractivity contribution is 0.0948. The SMILES string of the molecule is CNc1cncc(C(=O)NCCc2ccccc2F)n1. The number of halogens is 1. The lowest BCUT2D eigenvalue weighted by atomic mass is 10.1. The summed E-state index contributed by atoms with van der Waals surface area (Å²) in [5.74, 6) is -0.0728. The zero-order valence-electron chi connectivity index (χ0n) is 11.1. The van der Waals surface area contributed by atoms with Crippen LogP contribution in [-0.4, -0.2) is 29.5 Å². The molecular weight excluding hydrogens is 259 g/mol. The zero-order chi connectivity index (χ0) is 14.4. The molecule has 6 heteroatoms. The Bertz CT molecular complexity index is 603. The maximum absolute atomic E-state index is 13.4. The van der Waals surface area contributed by atoms with Crippen molar-refractivity contribution in [3.05, 3.63) is 53.7 Å². The van der Waals surface area contributed by atoms with E-state index < -0.39 is 0 Å². The van der Waals surface area contributed by atoms with E-state index in [1.165, 1.54) is 18.5 Å². The molecule has 0 atom stereocenters. The molecule has 0 aliphatic heterocycles. The van der Waals surface area contributed by atoms with Crippen LogP contribution < -0.4 is 10.6 Å². The van der Waals surface area contributed by atoms with Crippen molar-refractivity contribution in [1.29, 1.82) is 0 Å². The molecule has 2 aromatic rings. The normalized spacial score (nSPS) is 10.1. The lowest BCUT2D eigenvalue weighted by Crippen LogP contribution is -2.27. The number of hydrogen-bond acceptors (Lipinski definition) is 4. The average Bonchev–Trinajstić information content (AvgIpc) is 2.49. The smallest absolute Gasteiger partial charge is 0.271 e. The highest BCUT2D eigenvalue weighted by atomic mass is 19.1. The molecule has 1 aromatic carbocycles. The second-order valence-electron chi connectivity index (χ2n) is 4.14. The molecule has 0 aliphatic rings. The Morgan fingerprint density at radius 3 is 2.85 bits per heavy atom. The van der Waals surface area contributed by atoms with Gasteiger partial charge in [-0.15, -0.1) is 0 Å². The minimum Gasteiger partial charge on any atom is -0.372 e. The molecule has 2 rings (SSSR count). The van der Waals surface area contributed by atoms with Gasteiger partial charge in [-0.2, -0.15) is 0 Å². The maximum atomic E-state index is 13.4. The molecule has 0 unspecified atom stereocenters. The van der Waals surface area contributed by atoms with E-state index in [1.54, 1.807) is 25.2 Å². The van der Waals surface area contributed by atoms with E-state index in [4.69, 9.17) is 0 Å². The van der Waals surface area contributed by atoms with Crippen molar-refractivity contribution in [3.8, 4) is 0 Å². The molecule has 5 nitrogen and oxygen atoms in total. The van der Waals surface area contributed by atoms with Crippen LogP contribution in [-0.2, 0) is 6.42 Å². The van der Waals surface area contributed by atoms with Gasteiger partial charge in [0, 0.05) is 13.6 Å².